The molecule has 2 atom stereocenters. The van der Waals surface area contributed by atoms with Gasteiger partial charge in [-0.3, -0.25) is 9.69 Å². The molecule has 2 rings (SSSR count). The van der Waals surface area contributed by atoms with Crippen molar-refractivity contribution in [1.82, 2.24) is 4.90 Å². The first-order valence-electron chi connectivity index (χ1n) is 6.57. The van der Waals surface area contributed by atoms with Crippen molar-refractivity contribution in [3.8, 4) is 0 Å². The zero-order valence-electron chi connectivity index (χ0n) is 9.87. The Balaban J connectivity index is 2.02. The van der Waals surface area contributed by atoms with E-state index in [0.717, 1.165) is 25.8 Å². The summed E-state index contributed by atoms with van der Waals surface area (Å²) in [5, 5.41) is 0. The summed E-state index contributed by atoms with van der Waals surface area (Å²) in [7, 11) is 0. The van der Waals surface area contributed by atoms with Gasteiger partial charge < -0.3 is 0 Å². The summed E-state index contributed by atoms with van der Waals surface area (Å²) < 4.78 is 0. The van der Waals surface area contributed by atoms with E-state index < -0.39 is 0 Å². The first kappa shape index (κ1) is 11.1. The molecule has 1 heterocycles. The van der Waals surface area contributed by atoms with Gasteiger partial charge in [-0.2, -0.15) is 0 Å². The molecule has 1 aliphatic carbocycles. The third-order valence-electron chi connectivity index (χ3n) is 4.03. The number of hydrogen-bond acceptors (Lipinski definition) is 2. The Labute approximate surface area is 93.0 Å². The molecule has 0 aromatic rings. The summed E-state index contributed by atoms with van der Waals surface area (Å²) in [6, 6.07) is 0.897. The van der Waals surface area contributed by atoms with Crippen molar-refractivity contribution in [1.29, 1.82) is 0 Å². The smallest absolute Gasteiger partial charge is 0.149 e. The molecule has 0 amide bonds. The fourth-order valence-electron chi connectivity index (χ4n) is 3.08. The topological polar surface area (TPSA) is 20.3 Å². The average molecular weight is 209 g/mol. The van der Waals surface area contributed by atoms with Crippen LogP contribution in [0.4, 0.5) is 0 Å². The van der Waals surface area contributed by atoms with Crippen LogP contribution < -0.4 is 0 Å². The van der Waals surface area contributed by atoms with Gasteiger partial charge in [0.25, 0.3) is 0 Å². The van der Waals surface area contributed by atoms with Crippen molar-refractivity contribution in [2.45, 2.75) is 70.4 Å². The van der Waals surface area contributed by atoms with Crippen molar-refractivity contribution in [3.63, 3.8) is 0 Å². The molecule has 2 aliphatic rings. The number of Topliss-reactive ketones (excluding diaryl/α,β-unsaturated/α-hetero) is 1. The van der Waals surface area contributed by atoms with Gasteiger partial charge in [0.1, 0.15) is 5.78 Å². The zero-order chi connectivity index (χ0) is 10.7. The molecule has 2 fully saturated rings. The number of ketones is 1. The minimum Gasteiger partial charge on any atom is -0.298 e. The van der Waals surface area contributed by atoms with Crippen LogP contribution in [-0.2, 0) is 4.79 Å². The number of nitrogens with zero attached hydrogens (tertiary/aromatic N) is 1. The molecule has 2 unspecified atom stereocenters. The van der Waals surface area contributed by atoms with Crippen LogP contribution in [0.3, 0.4) is 0 Å². The molecule has 0 N–H and O–H groups in total. The second-order valence-electron chi connectivity index (χ2n) is 5.16. The highest BCUT2D eigenvalue weighted by Gasteiger charge is 2.31. The number of rotatable bonds is 1. The maximum atomic E-state index is 12.0. The van der Waals surface area contributed by atoms with E-state index in [2.05, 4.69) is 11.8 Å². The van der Waals surface area contributed by atoms with E-state index in [1.165, 1.54) is 32.1 Å². The van der Waals surface area contributed by atoms with Crippen molar-refractivity contribution >= 4 is 5.78 Å². The van der Waals surface area contributed by atoms with E-state index >= 15 is 0 Å². The standard InChI is InChI=1S/C13H23NO/c1-11-7-5-6-10-14(11)12-8-3-2-4-9-13(12)15/h11-12H,2-10H2,1H3. The Kier molecular flexibility index (Phi) is 3.79. The summed E-state index contributed by atoms with van der Waals surface area (Å²) in [6.45, 7) is 3.44. The Morgan fingerprint density at radius 3 is 2.67 bits per heavy atom. The van der Waals surface area contributed by atoms with E-state index in [1.807, 2.05) is 0 Å². The van der Waals surface area contributed by atoms with Gasteiger partial charge in [-0.05, 0) is 39.2 Å². The predicted octanol–water partition coefficient (Wildman–Crippen LogP) is 2.76. The molecule has 2 nitrogen and oxygen atoms in total. The number of likely N-dealkylation sites (tertiary alicyclic amines) is 1. The summed E-state index contributed by atoms with van der Waals surface area (Å²) >= 11 is 0. The summed E-state index contributed by atoms with van der Waals surface area (Å²) in [5.41, 5.74) is 0. The maximum absolute atomic E-state index is 12.0. The van der Waals surface area contributed by atoms with Crippen LogP contribution in [0, 0.1) is 0 Å². The molecule has 0 radical (unpaired) electrons. The molecule has 1 saturated heterocycles. The van der Waals surface area contributed by atoms with Crippen molar-refractivity contribution in [3.05, 3.63) is 0 Å². The lowest BCUT2D eigenvalue weighted by molar-refractivity contribution is -0.125. The lowest BCUT2D eigenvalue weighted by Gasteiger charge is -2.38. The highest BCUT2D eigenvalue weighted by Crippen LogP contribution is 2.25. The molecular weight excluding hydrogens is 186 g/mol. The molecule has 86 valence electrons. The SMILES string of the molecule is CC1CCCCN1C1CCCCCC1=O. The molecule has 1 aliphatic heterocycles. The van der Waals surface area contributed by atoms with Gasteiger partial charge in [0.05, 0.1) is 6.04 Å². The number of hydrogen-bond donors (Lipinski definition) is 0. The van der Waals surface area contributed by atoms with Crippen LogP contribution in [0.5, 0.6) is 0 Å². The summed E-state index contributed by atoms with van der Waals surface area (Å²) in [6.07, 6.45) is 9.48. The number of carbonyl (C=O) groups is 1. The average Bonchev–Trinajstić information content (AvgIpc) is 2.44. The molecule has 15 heavy (non-hydrogen) atoms. The van der Waals surface area contributed by atoms with Gasteiger partial charge in [-0.1, -0.05) is 19.3 Å². The molecule has 0 aromatic carbocycles. The highest BCUT2D eigenvalue weighted by molar-refractivity contribution is 5.84. The van der Waals surface area contributed by atoms with E-state index in [4.69, 9.17) is 0 Å². The molecule has 0 bridgehead atoms. The Bertz CT molecular complexity index is 227. The third-order valence-corrected chi connectivity index (χ3v) is 4.03. The van der Waals surface area contributed by atoms with Crippen LogP contribution >= 0.6 is 0 Å². The molecule has 0 aromatic heterocycles. The lowest BCUT2D eigenvalue weighted by atomic mass is 9.97. The van der Waals surface area contributed by atoms with E-state index in [-0.39, 0.29) is 6.04 Å². The Morgan fingerprint density at radius 2 is 1.87 bits per heavy atom. The first-order valence-corrected chi connectivity index (χ1v) is 6.57. The van der Waals surface area contributed by atoms with Crippen molar-refractivity contribution < 1.29 is 4.79 Å². The lowest BCUT2D eigenvalue weighted by Crippen LogP contribution is -2.48. The van der Waals surface area contributed by atoms with Gasteiger partial charge in [-0.25, -0.2) is 0 Å². The monoisotopic (exact) mass is 209 g/mol. The van der Waals surface area contributed by atoms with Crippen LogP contribution in [-0.4, -0.2) is 29.3 Å². The minimum atomic E-state index is 0.266. The molecule has 1 saturated carbocycles. The van der Waals surface area contributed by atoms with Crippen LogP contribution in [0.1, 0.15) is 58.3 Å². The normalized spacial score (nSPS) is 35.1. The molecular formula is C13H23NO. The molecule has 0 spiro atoms. The number of carbonyl (C=O) groups excluding carboxylic acids is 1. The third kappa shape index (κ3) is 2.60. The highest BCUT2D eigenvalue weighted by atomic mass is 16.1. The quantitative estimate of drug-likeness (QED) is 0.619. The zero-order valence-corrected chi connectivity index (χ0v) is 9.87. The van der Waals surface area contributed by atoms with Gasteiger partial charge in [-0.15, -0.1) is 0 Å². The van der Waals surface area contributed by atoms with Crippen molar-refractivity contribution in [2.75, 3.05) is 6.54 Å². The van der Waals surface area contributed by atoms with Crippen LogP contribution in [0.2, 0.25) is 0 Å². The number of piperidine rings is 1. The largest absolute Gasteiger partial charge is 0.298 e. The van der Waals surface area contributed by atoms with Crippen LogP contribution in [0.25, 0.3) is 0 Å². The van der Waals surface area contributed by atoms with Crippen molar-refractivity contribution in [2.24, 2.45) is 0 Å². The van der Waals surface area contributed by atoms with Crippen LogP contribution in [0.15, 0.2) is 0 Å². The van der Waals surface area contributed by atoms with E-state index in [0.29, 0.717) is 11.8 Å². The molecule has 2 heteroatoms. The summed E-state index contributed by atoms with van der Waals surface area (Å²) in [4.78, 5) is 14.5. The van der Waals surface area contributed by atoms with E-state index in [1.54, 1.807) is 0 Å². The summed E-state index contributed by atoms with van der Waals surface area (Å²) in [5.74, 6) is 0.515. The fourth-order valence-corrected chi connectivity index (χ4v) is 3.08. The fraction of sp³-hybridized carbons (Fsp3) is 0.923. The Morgan fingerprint density at radius 1 is 1.07 bits per heavy atom. The maximum Gasteiger partial charge on any atom is 0.149 e. The second-order valence-corrected chi connectivity index (χ2v) is 5.16. The van der Waals surface area contributed by atoms with Gasteiger partial charge in [0.15, 0.2) is 0 Å². The first-order chi connectivity index (χ1) is 7.29. The van der Waals surface area contributed by atoms with Gasteiger partial charge in [0, 0.05) is 12.5 Å². The van der Waals surface area contributed by atoms with Gasteiger partial charge in [0.2, 0.25) is 0 Å². The van der Waals surface area contributed by atoms with Gasteiger partial charge >= 0.3 is 0 Å². The second kappa shape index (κ2) is 5.11. The Hall–Kier alpha value is -0.370. The predicted molar refractivity (Wildman–Crippen MR) is 61.9 cm³/mol. The minimum absolute atomic E-state index is 0.266. The van der Waals surface area contributed by atoms with E-state index in [9.17, 15) is 4.79 Å².